The lowest BCUT2D eigenvalue weighted by Crippen LogP contribution is -2.54. The largest absolute Gasteiger partial charge is 0.368 e. The fraction of sp³-hybridized carbons (Fsp3) is 0.348. The summed E-state index contributed by atoms with van der Waals surface area (Å²) >= 11 is 0. The molecule has 0 aliphatic carbocycles. The van der Waals surface area contributed by atoms with E-state index in [2.05, 4.69) is 39.6 Å². The molecular weight excluding hydrogens is 409 g/mol. The Morgan fingerprint density at radius 3 is 2.50 bits per heavy atom. The van der Waals surface area contributed by atoms with Gasteiger partial charge in [-0.15, -0.1) is 0 Å². The third-order valence-electron chi connectivity index (χ3n) is 5.84. The molecule has 8 nitrogen and oxygen atoms in total. The van der Waals surface area contributed by atoms with E-state index in [1.165, 1.54) is 6.07 Å². The molecule has 1 aliphatic rings. The van der Waals surface area contributed by atoms with Crippen molar-refractivity contribution in [1.29, 1.82) is 0 Å². The minimum Gasteiger partial charge on any atom is -0.368 e. The average molecular weight is 436 g/mol. The maximum Gasteiger partial charge on any atom is 0.257 e. The van der Waals surface area contributed by atoms with Gasteiger partial charge in [-0.1, -0.05) is 0 Å². The van der Waals surface area contributed by atoms with Crippen LogP contribution in [0.5, 0.6) is 0 Å². The first kappa shape index (κ1) is 20.4. The van der Waals surface area contributed by atoms with Gasteiger partial charge in [-0.2, -0.15) is 10.2 Å². The summed E-state index contributed by atoms with van der Waals surface area (Å²) in [5, 5.41) is 16.6. The normalized spacial score (nSPS) is 19.1. The molecular formula is C23H26FN7O. The van der Waals surface area contributed by atoms with Crippen LogP contribution in [0.3, 0.4) is 0 Å². The van der Waals surface area contributed by atoms with Gasteiger partial charge in [0.2, 0.25) is 0 Å². The number of amides is 1. The highest BCUT2D eigenvalue weighted by Crippen LogP contribution is 2.31. The third-order valence-corrected chi connectivity index (χ3v) is 5.84. The molecule has 1 amide bonds. The molecule has 0 bridgehead atoms. The van der Waals surface area contributed by atoms with E-state index < -0.39 is 5.82 Å². The molecule has 166 valence electrons. The summed E-state index contributed by atoms with van der Waals surface area (Å²) < 4.78 is 17.7. The van der Waals surface area contributed by atoms with E-state index in [0.717, 1.165) is 24.2 Å². The SMILES string of the molecule is C[C@H]1CN(c2ccc(C(=O)Nc3cc(F)c4nn(C)cc4c3)c3nn(C)cc23)C[C@H](C)N1. The maximum absolute atomic E-state index is 14.4. The second-order valence-corrected chi connectivity index (χ2v) is 8.72. The Hall–Kier alpha value is -3.46. The zero-order valence-corrected chi connectivity index (χ0v) is 18.6. The van der Waals surface area contributed by atoms with Crippen molar-refractivity contribution >= 4 is 39.1 Å². The highest BCUT2D eigenvalue weighted by molar-refractivity contribution is 6.14. The van der Waals surface area contributed by atoms with Crippen molar-refractivity contribution in [1.82, 2.24) is 24.9 Å². The van der Waals surface area contributed by atoms with E-state index in [9.17, 15) is 9.18 Å². The van der Waals surface area contributed by atoms with E-state index in [1.54, 1.807) is 34.7 Å². The Morgan fingerprint density at radius 1 is 1.06 bits per heavy atom. The van der Waals surface area contributed by atoms with Gasteiger partial charge in [0.1, 0.15) is 11.0 Å². The van der Waals surface area contributed by atoms with Crippen LogP contribution < -0.4 is 15.5 Å². The number of aryl methyl sites for hydroxylation is 2. The van der Waals surface area contributed by atoms with Gasteiger partial charge in [0.05, 0.1) is 5.56 Å². The Labute approximate surface area is 185 Å². The summed E-state index contributed by atoms with van der Waals surface area (Å²) in [6.07, 6.45) is 3.66. The van der Waals surface area contributed by atoms with Crippen LogP contribution in [0.4, 0.5) is 15.8 Å². The van der Waals surface area contributed by atoms with Gasteiger partial charge in [-0.3, -0.25) is 14.2 Å². The van der Waals surface area contributed by atoms with Gasteiger partial charge in [-0.05, 0) is 38.1 Å². The summed E-state index contributed by atoms with van der Waals surface area (Å²) in [5.41, 5.74) is 2.80. The number of benzene rings is 2. The van der Waals surface area contributed by atoms with Crippen molar-refractivity contribution in [3.8, 4) is 0 Å². The van der Waals surface area contributed by atoms with Crippen LogP contribution >= 0.6 is 0 Å². The van der Waals surface area contributed by atoms with Crippen molar-refractivity contribution in [2.45, 2.75) is 25.9 Å². The number of hydrogen-bond donors (Lipinski definition) is 2. The first-order valence-electron chi connectivity index (χ1n) is 10.7. The van der Waals surface area contributed by atoms with Gasteiger partial charge < -0.3 is 15.5 Å². The van der Waals surface area contributed by atoms with E-state index >= 15 is 0 Å². The number of nitrogens with one attached hydrogen (secondary N) is 2. The highest BCUT2D eigenvalue weighted by Gasteiger charge is 2.25. The second kappa shape index (κ2) is 7.59. The molecule has 0 unspecified atom stereocenters. The topological polar surface area (TPSA) is 80.0 Å². The standard InChI is InChI=1S/C23H26FN7O/c1-13-9-31(10-14(2)25-13)20-6-5-17(22-18(20)12-30(4)28-22)23(32)26-16-7-15-11-29(3)27-21(15)19(24)8-16/h5-8,11-14,25H,9-10H2,1-4H3,(H,26,32)/t13-,14-/m0/s1. The Balaban J connectivity index is 1.50. The molecule has 3 heterocycles. The highest BCUT2D eigenvalue weighted by atomic mass is 19.1. The van der Waals surface area contributed by atoms with E-state index in [4.69, 9.17) is 0 Å². The van der Waals surface area contributed by atoms with Crippen LogP contribution in [-0.2, 0) is 14.1 Å². The first-order valence-corrected chi connectivity index (χ1v) is 10.7. The van der Waals surface area contributed by atoms with Gasteiger partial charge >= 0.3 is 0 Å². The van der Waals surface area contributed by atoms with Crippen LogP contribution in [0.15, 0.2) is 36.7 Å². The van der Waals surface area contributed by atoms with E-state index in [1.807, 2.05) is 19.3 Å². The number of fused-ring (bicyclic) bond motifs is 2. The number of rotatable bonds is 3. The average Bonchev–Trinajstić information content (AvgIpc) is 3.28. The van der Waals surface area contributed by atoms with Crippen LogP contribution in [0.2, 0.25) is 0 Å². The summed E-state index contributed by atoms with van der Waals surface area (Å²) in [4.78, 5) is 15.5. The van der Waals surface area contributed by atoms with Crippen LogP contribution in [0.1, 0.15) is 24.2 Å². The molecule has 0 radical (unpaired) electrons. The monoisotopic (exact) mass is 435 g/mol. The molecule has 0 spiro atoms. The first-order chi connectivity index (χ1) is 15.3. The molecule has 4 aromatic rings. The van der Waals surface area contributed by atoms with Crippen molar-refractivity contribution in [2.75, 3.05) is 23.3 Å². The fourth-order valence-corrected chi connectivity index (χ4v) is 4.67. The quantitative estimate of drug-likeness (QED) is 0.517. The molecule has 5 rings (SSSR count). The summed E-state index contributed by atoms with van der Waals surface area (Å²) in [6, 6.07) is 7.53. The summed E-state index contributed by atoms with van der Waals surface area (Å²) in [7, 11) is 3.58. The Bertz CT molecular complexity index is 1330. The molecule has 1 saturated heterocycles. The molecule has 1 fully saturated rings. The second-order valence-electron chi connectivity index (χ2n) is 8.72. The predicted octanol–water partition coefficient (Wildman–Crippen LogP) is 3.04. The smallest absolute Gasteiger partial charge is 0.257 e. The number of nitrogens with zero attached hydrogens (tertiary/aromatic N) is 5. The van der Waals surface area contributed by atoms with Gasteiger partial charge in [-0.25, -0.2) is 4.39 Å². The van der Waals surface area contributed by atoms with E-state index in [0.29, 0.717) is 34.2 Å². The van der Waals surface area contributed by atoms with Gasteiger partial charge in [0, 0.05) is 73.8 Å². The molecule has 9 heteroatoms. The number of hydrogen-bond acceptors (Lipinski definition) is 5. The molecule has 2 atom stereocenters. The number of halogens is 1. The van der Waals surface area contributed by atoms with Crippen LogP contribution in [0, 0.1) is 5.82 Å². The zero-order valence-electron chi connectivity index (χ0n) is 18.6. The fourth-order valence-electron chi connectivity index (χ4n) is 4.67. The minimum absolute atomic E-state index is 0.279. The predicted molar refractivity (Wildman–Crippen MR) is 124 cm³/mol. The van der Waals surface area contributed by atoms with Gasteiger partial charge in [0.25, 0.3) is 5.91 Å². The molecule has 0 saturated carbocycles. The number of piperazine rings is 1. The maximum atomic E-state index is 14.4. The van der Waals surface area contributed by atoms with Crippen molar-refractivity contribution in [3.05, 3.63) is 48.0 Å². The molecule has 2 aromatic carbocycles. The molecule has 2 aromatic heterocycles. The number of carbonyl (C=O) groups is 1. The lowest BCUT2D eigenvalue weighted by molar-refractivity contribution is 0.102. The number of aromatic nitrogens is 4. The summed E-state index contributed by atoms with van der Waals surface area (Å²) in [5.74, 6) is -0.802. The van der Waals surface area contributed by atoms with Crippen LogP contribution in [-0.4, -0.2) is 50.6 Å². The zero-order chi connectivity index (χ0) is 22.6. The lowest BCUT2D eigenvalue weighted by atomic mass is 10.1. The van der Waals surface area contributed by atoms with E-state index in [-0.39, 0.29) is 11.4 Å². The third kappa shape index (κ3) is 3.58. The number of anilines is 2. The lowest BCUT2D eigenvalue weighted by Gasteiger charge is -2.38. The molecule has 32 heavy (non-hydrogen) atoms. The van der Waals surface area contributed by atoms with Crippen molar-refractivity contribution in [2.24, 2.45) is 14.1 Å². The van der Waals surface area contributed by atoms with Crippen LogP contribution in [0.25, 0.3) is 21.8 Å². The minimum atomic E-state index is -0.473. The Kier molecular flexibility index (Phi) is 4.85. The number of carbonyl (C=O) groups excluding carboxylic acids is 1. The summed E-state index contributed by atoms with van der Waals surface area (Å²) in [6.45, 7) is 6.10. The molecule has 2 N–H and O–H groups in total. The Morgan fingerprint density at radius 2 is 1.75 bits per heavy atom. The van der Waals surface area contributed by atoms with Gasteiger partial charge in [0.15, 0.2) is 5.82 Å². The van der Waals surface area contributed by atoms with Crippen molar-refractivity contribution < 1.29 is 9.18 Å². The molecule has 1 aliphatic heterocycles. The van der Waals surface area contributed by atoms with Crippen molar-refractivity contribution in [3.63, 3.8) is 0 Å².